The summed E-state index contributed by atoms with van der Waals surface area (Å²) in [5, 5.41) is 15.7. The number of piperidine rings is 1. The molecule has 5 nitrogen and oxygen atoms in total. The summed E-state index contributed by atoms with van der Waals surface area (Å²) in [6.45, 7) is 6.53. The van der Waals surface area contributed by atoms with Gasteiger partial charge in [-0.3, -0.25) is 0 Å². The Balaban J connectivity index is 1.72. The molecule has 1 aliphatic heterocycles. The number of urea groups is 1. The first-order chi connectivity index (χ1) is 10.6. The van der Waals surface area contributed by atoms with Crippen molar-refractivity contribution in [3.05, 3.63) is 16.1 Å². The minimum Gasteiger partial charge on any atom is -0.396 e. The minimum atomic E-state index is 0.00795. The normalized spacial score (nSPS) is 17.5. The number of aryl methyl sites for hydroxylation is 1. The predicted molar refractivity (Wildman–Crippen MR) is 89.2 cm³/mol. The molecule has 6 heteroatoms. The van der Waals surface area contributed by atoms with Gasteiger partial charge in [-0.1, -0.05) is 13.8 Å². The number of carbonyl (C=O) groups excluding carboxylic acids is 1. The van der Waals surface area contributed by atoms with Crippen molar-refractivity contribution in [2.45, 2.75) is 46.0 Å². The quantitative estimate of drug-likeness (QED) is 0.844. The van der Waals surface area contributed by atoms with Crippen molar-refractivity contribution in [1.29, 1.82) is 0 Å². The molecule has 1 aliphatic rings. The van der Waals surface area contributed by atoms with Gasteiger partial charge in [0.25, 0.3) is 0 Å². The molecule has 1 fully saturated rings. The Morgan fingerprint density at radius 1 is 1.45 bits per heavy atom. The van der Waals surface area contributed by atoms with Crippen molar-refractivity contribution in [2.24, 2.45) is 5.41 Å². The lowest BCUT2D eigenvalue weighted by atomic mass is 9.77. The molecule has 1 aromatic rings. The molecule has 2 amide bonds. The standard InChI is InChI=1S/C16H27N3O2S/c1-3-14-18-13(11-22-14)5-8-17-15(21)19-9-6-16(4-2,12-20)7-10-19/h11,20H,3-10,12H2,1-2H3,(H,17,21). The minimum absolute atomic E-state index is 0.00795. The summed E-state index contributed by atoms with van der Waals surface area (Å²) in [6.07, 6.45) is 4.50. The van der Waals surface area contributed by atoms with Crippen LogP contribution in [0.1, 0.15) is 43.8 Å². The van der Waals surface area contributed by atoms with Crippen molar-refractivity contribution in [1.82, 2.24) is 15.2 Å². The summed E-state index contributed by atoms with van der Waals surface area (Å²) >= 11 is 1.68. The molecule has 1 aromatic heterocycles. The van der Waals surface area contributed by atoms with Crippen LogP contribution in [0.3, 0.4) is 0 Å². The Labute approximate surface area is 136 Å². The zero-order valence-corrected chi connectivity index (χ0v) is 14.4. The van der Waals surface area contributed by atoms with Crippen molar-refractivity contribution >= 4 is 17.4 Å². The number of likely N-dealkylation sites (tertiary alicyclic amines) is 1. The first-order valence-corrected chi connectivity index (χ1v) is 9.07. The summed E-state index contributed by atoms with van der Waals surface area (Å²) < 4.78 is 0. The van der Waals surface area contributed by atoms with Gasteiger partial charge in [-0.2, -0.15) is 0 Å². The summed E-state index contributed by atoms with van der Waals surface area (Å²) in [5.74, 6) is 0. The number of aromatic nitrogens is 1. The number of amides is 2. The number of aliphatic hydroxyl groups excluding tert-OH is 1. The first kappa shape index (κ1) is 17.2. The highest BCUT2D eigenvalue weighted by atomic mass is 32.1. The van der Waals surface area contributed by atoms with Crippen LogP contribution < -0.4 is 5.32 Å². The summed E-state index contributed by atoms with van der Waals surface area (Å²) in [7, 11) is 0. The second kappa shape index (κ2) is 7.92. The van der Waals surface area contributed by atoms with Crippen LogP contribution in [0.2, 0.25) is 0 Å². The summed E-state index contributed by atoms with van der Waals surface area (Å²) in [4.78, 5) is 18.5. The largest absolute Gasteiger partial charge is 0.396 e. The molecule has 2 N–H and O–H groups in total. The molecule has 0 bridgehead atoms. The molecule has 0 aliphatic carbocycles. The van der Waals surface area contributed by atoms with Gasteiger partial charge in [-0.05, 0) is 31.1 Å². The van der Waals surface area contributed by atoms with Gasteiger partial charge in [0.05, 0.1) is 10.7 Å². The first-order valence-electron chi connectivity index (χ1n) is 8.19. The van der Waals surface area contributed by atoms with E-state index in [9.17, 15) is 9.90 Å². The third-order valence-corrected chi connectivity index (χ3v) is 5.80. The van der Waals surface area contributed by atoms with Crippen LogP contribution >= 0.6 is 11.3 Å². The number of rotatable bonds is 6. The molecule has 0 unspecified atom stereocenters. The second-order valence-corrected chi connectivity index (χ2v) is 7.01. The fraction of sp³-hybridized carbons (Fsp3) is 0.750. The monoisotopic (exact) mass is 325 g/mol. The van der Waals surface area contributed by atoms with Crippen molar-refractivity contribution in [3.8, 4) is 0 Å². The van der Waals surface area contributed by atoms with Crippen LogP contribution in [0.5, 0.6) is 0 Å². The zero-order valence-electron chi connectivity index (χ0n) is 13.6. The zero-order chi connectivity index (χ0) is 16.0. The van der Waals surface area contributed by atoms with Crippen LogP contribution in [0.4, 0.5) is 4.79 Å². The maximum atomic E-state index is 12.2. The van der Waals surface area contributed by atoms with Crippen LogP contribution in [0, 0.1) is 5.41 Å². The van der Waals surface area contributed by atoms with Gasteiger partial charge in [0.2, 0.25) is 0 Å². The van der Waals surface area contributed by atoms with E-state index in [1.807, 2.05) is 4.90 Å². The Kier molecular flexibility index (Phi) is 6.20. The van der Waals surface area contributed by atoms with Gasteiger partial charge < -0.3 is 15.3 Å². The Bertz CT molecular complexity index is 475. The molecule has 124 valence electrons. The third-order valence-electron chi connectivity index (χ3n) is 4.76. The average Bonchev–Trinajstić information content (AvgIpc) is 3.03. The molecule has 2 heterocycles. The molecular formula is C16H27N3O2S. The van der Waals surface area contributed by atoms with Gasteiger partial charge in [0.15, 0.2) is 0 Å². The molecule has 0 saturated carbocycles. The van der Waals surface area contributed by atoms with Gasteiger partial charge in [-0.15, -0.1) is 11.3 Å². The van der Waals surface area contributed by atoms with Crippen LogP contribution in [0.15, 0.2) is 5.38 Å². The molecule has 22 heavy (non-hydrogen) atoms. The number of hydrogen-bond acceptors (Lipinski definition) is 4. The Morgan fingerprint density at radius 3 is 2.73 bits per heavy atom. The van der Waals surface area contributed by atoms with E-state index in [1.54, 1.807) is 11.3 Å². The molecule has 0 atom stereocenters. The van der Waals surface area contributed by atoms with Gasteiger partial charge in [0, 0.05) is 38.0 Å². The van der Waals surface area contributed by atoms with Crippen molar-refractivity contribution < 1.29 is 9.90 Å². The number of aliphatic hydroxyl groups is 1. The second-order valence-electron chi connectivity index (χ2n) is 6.07. The molecule has 0 radical (unpaired) electrons. The van der Waals surface area contributed by atoms with E-state index in [1.165, 1.54) is 0 Å². The SMILES string of the molecule is CCc1nc(CCNC(=O)N2CCC(CC)(CO)CC2)cs1. The smallest absolute Gasteiger partial charge is 0.317 e. The van der Waals surface area contributed by atoms with Gasteiger partial charge in [0.1, 0.15) is 0 Å². The Hall–Kier alpha value is -1.14. The number of nitrogens with one attached hydrogen (secondary N) is 1. The molecule has 2 rings (SSSR count). The fourth-order valence-corrected chi connectivity index (χ4v) is 3.62. The van der Waals surface area contributed by atoms with Crippen LogP contribution in [-0.4, -0.2) is 47.3 Å². The highest BCUT2D eigenvalue weighted by Gasteiger charge is 2.33. The molecule has 1 saturated heterocycles. The lowest BCUT2D eigenvalue weighted by Gasteiger charge is -2.40. The summed E-state index contributed by atoms with van der Waals surface area (Å²) in [5.41, 5.74) is 1.08. The van der Waals surface area contributed by atoms with E-state index in [2.05, 4.69) is 29.5 Å². The number of nitrogens with zero attached hydrogens (tertiary/aromatic N) is 2. The average molecular weight is 325 g/mol. The van der Waals surface area contributed by atoms with E-state index in [-0.39, 0.29) is 18.1 Å². The van der Waals surface area contributed by atoms with Gasteiger partial charge in [-0.25, -0.2) is 9.78 Å². The highest BCUT2D eigenvalue weighted by Crippen LogP contribution is 2.34. The molecule has 0 aromatic carbocycles. The van der Waals surface area contributed by atoms with E-state index in [0.29, 0.717) is 6.54 Å². The van der Waals surface area contributed by atoms with E-state index >= 15 is 0 Å². The molecule has 0 spiro atoms. The Morgan fingerprint density at radius 2 is 2.18 bits per heavy atom. The maximum Gasteiger partial charge on any atom is 0.317 e. The highest BCUT2D eigenvalue weighted by molar-refractivity contribution is 7.09. The summed E-state index contributed by atoms with van der Waals surface area (Å²) in [6, 6.07) is 0.00795. The van der Waals surface area contributed by atoms with Gasteiger partial charge >= 0.3 is 6.03 Å². The lowest BCUT2D eigenvalue weighted by molar-refractivity contribution is 0.0520. The third kappa shape index (κ3) is 4.20. The van der Waals surface area contributed by atoms with Crippen molar-refractivity contribution in [2.75, 3.05) is 26.2 Å². The van der Waals surface area contributed by atoms with E-state index < -0.39 is 0 Å². The van der Waals surface area contributed by atoms with Crippen LogP contribution in [0.25, 0.3) is 0 Å². The topological polar surface area (TPSA) is 65.5 Å². The number of carbonyl (C=O) groups is 1. The lowest BCUT2D eigenvalue weighted by Crippen LogP contribution is -2.48. The van der Waals surface area contributed by atoms with E-state index in [0.717, 1.165) is 55.9 Å². The van der Waals surface area contributed by atoms with E-state index in [4.69, 9.17) is 0 Å². The molecular weight excluding hydrogens is 298 g/mol. The number of hydrogen-bond donors (Lipinski definition) is 2. The fourth-order valence-electron chi connectivity index (χ4n) is 2.84. The number of thiazole rings is 1. The predicted octanol–water partition coefficient (Wildman–Crippen LogP) is 2.44. The van der Waals surface area contributed by atoms with Crippen molar-refractivity contribution in [3.63, 3.8) is 0 Å². The van der Waals surface area contributed by atoms with Crippen LogP contribution in [-0.2, 0) is 12.8 Å². The maximum absolute atomic E-state index is 12.2.